The molecule has 3 aromatic rings. The molecule has 0 radical (unpaired) electrons. The van der Waals surface area contributed by atoms with Gasteiger partial charge in [0.2, 0.25) is 0 Å². The molecule has 5 nitrogen and oxygen atoms in total. The Kier molecular flexibility index (Phi) is 5.43. The predicted octanol–water partition coefficient (Wildman–Crippen LogP) is 4.61. The number of halogens is 4. The average Bonchev–Trinajstić information content (AvgIpc) is 3.03. The van der Waals surface area contributed by atoms with Crippen LogP contribution in [-0.2, 0) is 22.6 Å². The molecule has 2 aromatic carbocycles. The molecule has 1 heterocycles. The van der Waals surface area contributed by atoms with Gasteiger partial charge in [0.15, 0.2) is 15.5 Å². The van der Waals surface area contributed by atoms with Crippen molar-refractivity contribution in [1.82, 2.24) is 9.78 Å². The second kappa shape index (κ2) is 7.57. The van der Waals surface area contributed by atoms with E-state index in [9.17, 15) is 26.0 Å². The average molecular weight is 437 g/mol. The van der Waals surface area contributed by atoms with Crippen LogP contribution in [-0.4, -0.2) is 24.5 Å². The van der Waals surface area contributed by atoms with Gasteiger partial charge < -0.3 is 0 Å². The van der Waals surface area contributed by atoms with E-state index in [1.54, 1.807) is 6.07 Å². The number of sulfone groups is 1. The van der Waals surface area contributed by atoms with Crippen molar-refractivity contribution in [2.45, 2.75) is 24.5 Å². The Bertz CT molecular complexity index is 1250. The number of aryl methyl sites for hydroxylation is 1. The lowest BCUT2D eigenvalue weighted by Crippen LogP contribution is -2.15. The number of nitriles is 1. The fourth-order valence-corrected chi connectivity index (χ4v) is 3.65. The summed E-state index contributed by atoms with van der Waals surface area (Å²) in [6, 6.07) is 10.5. The molecule has 0 aliphatic rings. The molecule has 3 rings (SSSR count). The van der Waals surface area contributed by atoms with E-state index in [0.717, 1.165) is 12.3 Å². The maximum atomic E-state index is 14.1. The van der Waals surface area contributed by atoms with Gasteiger partial charge in [-0.15, -0.1) is 0 Å². The van der Waals surface area contributed by atoms with Crippen molar-refractivity contribution >= 4 is 9.84 Å². The van der Waals surface area contributed by atoms with E-state index in [4.69, 9.17) is 5.26 Å². The normalized spacial score (nSPS) is 12.0. The van der Waals surface area contributed by atoms with Crippen molar-refractivity contribution in [1.29, 1.82) is 5.26 Å². The summed E-state index contributed by atoms with van der Waals surface area (Å²) < 4.78 is 79.7. The van der Waals surface area contributed by atoms with Crippen LogP contribution in [0.15, 0.2) is 47.4 Å². The molecule has 0 fully saturated rings. The van der Waals surface area contributed by atoms with Crippen LogP contribution >= 0.6 is 0 Å². The van der Waals surface area contributed by atoms with Crippen LogP contribution in [0.25, 0.3) is 22.4 Å². The minimum Gasteiger partial charge on any atom is -0.245 e. The number of alkyl halides is 3. The van der Waals surface area contributed by atoms with E-state index >= 15 is 0 Å². The molecule has 1 aromatic heterocycles. The molecule has 10 heteroatoms. The molecule has 0 aliphatic carbocycles. The largest absolute Gasteiger partial charge is 0.433 e. The number of rotatable bonds is 4. The minimum absolute atomic E-state index is 0.0123. The third-order valence-corrected chi connectivity index (χ3v) is 5.59. The van der Waals surface area contributed by atoms with Crippen LogP contribution in [0.2, 0.25) is 0 Å². The zero-order valence-corrected chi connectivity index (χ0v) is 16.6. The second-order valence-electron chi connectivity index (χ2n) is 6.65. The predicted molar refractivity (Wildman–Crippen MR) is 102 cm³/mol. The van der Waals surface area contributed by atoms with Crippen molar-refractivity contribution in [3.63, 3.8) is 0 Å². The fraction of sp³-hybridized carbons (Fsp3) is 0.200. The lowest BCUT2D eigenvalue weighted by atomic mass is 9.97. The van der Waals surface area contributed by atoms with E-state index in [-0.39, 0.29) is 32.8 Å². The van der Waals surface area contributed by atoms with Gasteiger partial charge in [-0.25, -0.2) is 17.5 Å². The lowest BCUT2D eigenvalue weighted by Gasteiger charge is -2.12. The third kappa shape index (κ3) is 4.07. The monoisotopic (exact) mass is 437 g/mol. The second-order valence-corrected chi connectivity index (χ2v) is 8.66. The molecular weight excluding hydrogens is 422 g/mol. The van der Waals surface area contributed by atoms with Gasteiger partial charge >= 0.3 is 6.18 Å². The zero-order chi connectivity index (χ0) is 22.3. The summed E-state index contributed by atoms with van der Waals surface area (Å²) in [5.74, 6) is -0.688. The van der Waals surface area contributed by atoms with Gasteiger partial charge in [0, 0.05) is 17.4 Å². The number of nitrogens with zero attached hydrogens (tertiary/aromatic N) is 3. The maximum absolute atomic E-state index is 14.1. The topological polar surface area (TPSA) is 75.8 Å². The van der Waals surface area contributed by atoms with Crippen molar-refractivity contribution < 1.29 is 26.0 Å². The Morgan fingerprint density at radius 1 is 1.10 bits per heavy atom. The standard InChI is InChI=1S/C20H15F4N3O2S/c1-12-3-4-14(11-16(12)21)17-18(13-5-7-15(8-6-13)30(2,28)29)26-27(10-9-25)19(17)20(22,23)24/h3-8,11H,10H2,1-2H3. The number of hydrogen-bond acceptors (Lipinski definition) is 4. The maximum Gasteiger partial charge on any atom is 0.433 e. The molecule has 0 saturated carbocycles. The van der Waals surface area contributed by atoms with Crippen molar-refractivity contribution in [2.24, 2.45) is 0 Å². The van der Waals surface area contributed by atoms with E-state index in [2.05, 4.69) is 5.10 Å². The highest BCUT2D eigenvalue weighted by Gasteiger charge is 2.40. The van der Waals surface area contributed by atoms with E-state index in [0.29, 0.717) is 4.68 Å². The summed E-state index contributed by atoms with van der Waals surface area (Å²) in [7, 11) is -3.51. The molecule has 0 atom stereocenters. The zero-order valence-electron chi connectivity index (χ0n) is 15.8. The highest BCUT2D eigenvalue weighted by atomic mass is 32.2. The number of hydrogen-bond donors (Lipinski definition) is 0. The molecule has 0 aliphatic heterocycles. The van der Waals surface area contributed by atoms with Crippen molar-refractivity contribution in [3.05, 3.63) is 59.5 Å². The number of aromatic nitrogens is 2. The first kappa shape index (κ1) is 21.5. The van der Waals surface area contributed by atoms with Crippen LogP contribution in [0, 0.1) is 24.1 Å². The van der Waals surface area contributed by atoms with Crippen LogP contribution < -0.4 is 0 Å². The molecule has 0 bridgehead atoms. The highest BCUT2D eigenvalue weighted by molar-refractivity contribution is 7.90. The van der Waals surface area contributed by atoms with Gasteiger partial charge in [0.25, 0.3) is 0 Å². The van der Waals surface area contributed by atoms with E-state index < -0.39 is 34.1 Å². The van der Waals surface area contributed by atoms with Crippen molar-refractivity contribution in [2.75, 3.05) is 6.26 Å². The summed E-state index contributed by atoms with van der Waals surface area (Å²) in [4.78, 5) is -0.0123. The third-order valence-electron chi connectivity index (χ3n) is 4.46. The molecule has 156 valence electrons. The van der Waals surface area contributed by atoms with Gasteiger partial charge in [0.05, 0.1) is 11.0 Å². The fourth-order valence-electron chi connectivity index (χ4n) is 3.02. The highest BCUT2D eigenvalue weighted by Crippen LogP contribution is 2.43. The molecule has 0 unspecified atom stereocenters. The Balaban J connectivity index is 2.34. The first-order valence-electron chi connectivity index (χ1n) is 8.55. The minimum atomic E-state index is -4.87. The molecule has 0 saturated heterocycles. The SMILES string of the molecule is Cc1ccc(-c2c(-c3ccc(S(C)(=O)=O)cc3)nn(CC#N)c2C(F)(F)F)cc1F. The Morgan fingerprint density at radius 2 is 1.70 bits per heavy atom. The smallest absolute Gasteiger partial charge is 0.245 e. The van der Waals surface area contributed by atoms with Gasteiger partial charge in [-0.1, -0.05) is 24.3 Å². The summed E-state index contributed by atoms with van der Waals surface area (Å²) in [6.07, 6.45) is -3.86. The quantitative estimate of drug-likeness (QED) is 0.559. The van der Waals surface area contributed by atoms with Gasteiger partial charge in [-0.2, -0.15) is 23.5 Å². The van der Waals surface area contributed by atoms with E-state index in [1.807, 2.05) is 0 Å². The Morgan fingerprint density at radius 3 is 2.20 bits per heavy atom. The summed E-state index contributed by atoms with van der Waals surface area (Å²) in [6.45, 7) is 0.811. The number of benzene rings is 2. The molecular formula is C20H15F4N3O2S. The summed E-state index contributed by atoms with van der Waals surface area (Å²) in [5, 5.41) is 12.9. The summed E-state index contributed by atoms with van der Waals surface area (Å²) >= 11 is 0. The van der Waals surface area contributed by atoms with Gasteiger partial charge in [-0.3, -0.25) is 0 Å². The van der Waals surface area contributed by atoms with Gasteiger partial charge in [0.1, 0.15) is 18.1 Å². The molecule has 0 spiro atoms. The van der Waals surface area contributed by atoms with Gasteiger partial charge in [-0.05, 0) is 36.2 Å². The summed E-state index contributed by atoms with van der Waals surface area (Å²) in [5.41, 5.74) is -1.31. The van der Waals surface area contributed by atoms with Crippen LogP contribution in [0.1, 0.15) is 11.3 Å². The van der Waals surface area contributed by atoms with E-state index in [1.165, 1.54) is 43.3 Å². The molecule has 30 heavy (non-hydrogen) atoms. The first-order valence-corrected chi connectivity index (χ1v) is 10.4. The lowest BCUT2D eigenvalue weighted by molar-refractivity contribution is -0.143. The van der Waals surface area contributed by atoms with Crippen LogP contribution in [0.3, 0.4) is 0 Å². The Hall–Kier alpha value is -3.19. The van der Waals surface area contributed by atoms with Crippen LogP contribution in [0.4, 0.5) is 17.6 Å². The van der Waals surface area contributed by atoms with Crippen LogP contribution in [0.5, 0.6) is 0 Å². The first-order chi connectivity index (χ1) is 13.9. The van der Waals surface area contributed by atoms with Crippen molar-refractivity contribution in [3.8, 4) is 28.5 Å². The molecule has 0 amide bonds. The molecule has 0 N–H and O–H groups in total. The Labute approximate surface area is 170 Å².